The van der Waals surface area contributed by atoms with E-state index in [1.54, 1.807) is 7.11 Å². The van der Waals surface area contributed by atoms with Crippen LogP contribution >= 0.6 is 0 Å². The van der Waals surface area contributed by atoms with Gasteiger partial charge < -0.3 is 14.6 Å². The first-order chi connectivity index (χ1) is 11.2. The van der Waals surface area contributed by atoms with E-state index in [1.807, 2.05) is 30.5 Å². The van der Waals surface area contributed by atoms with Crippen LogP contribution in [0.25, 0.3) is 0 Å². The number of amides is 1. The molecule has 0 unspecified atom stereocenters. The summed E-state index contributed by atoms with van der Waals surface area (Å²) in [4.78, 5) is 17.0. The highest BCUT2D eigenvalue weighted by Gasteiger charge is 2.19. The van der Waals surface area contributed by atoms with Gasteiger partial charge in [0.1, 0.15) is 17.3 Å². The van der Waals surface area contributed by atoms with E-state index in [0.29, 0.717) is 5.69 Å². The van der Waals surface area contributed by atoms with Crippen molar-refractivity contribution in [3.05, 3.63) is 47.5 Å². The Morgan fingerprint density at radius 1 is 1.35 bits per heavy atom. The topological polar surface area (TPSA) is 56.2 Å². The first-order valence-corrected chi connectivity index (χ1v) is 8.22. The van der Waals surface area contributed by atoms with Crippen LogP contribution in [-0.2, 0) is 13.0 Å². The second kappa shape index (κ2) is 6.86. The van der Waals surface area contributed by atoms with E-state index in [4.69, 9.17) is 4.74 Å². The van der Waals surface area contributed by atoms with Gasteiger partial charge in [-0.15, -0.1) is 0 Å². The average Bonchev–Trinajstić information content (AvgIpc) is 3.04. The van der Waals surface area contributed by atoms with Gasteiger partial charge in [-0.2, -0.15) is 0 Å². The van der Waals surface area contributed by atoms with Crippen molar-refractivity contribution in [3.63, 3.8) is 0 Å². The SMILES string of the molecule is CC[C@H](NC(=O)c1cn2c(n1)CCCC2)c1ccc(OC)cc1. The smallest absolute Gasteiger partial charge is 0.271 e. The van der Waals surface area contributed by atoms with Crippen molar-refractivity contribution in [1.29, 1.82) is 0 Å². The lowest BCUT2D eigenvalue weighted by Gasteiger charge is -2.17. The maximum absolute atomic E-state index is 12.5. The Morgan fingerprint density at radius 3 is 2.78 bits per heavy atom. The first-order valence-electron chi connectivity index (χ1n) is 8.22. The fourth-order valence-corrected chi connectivity index (χ4v) is 3.01. The van der Waals surface area contributed by atoms with Crippen LogP contribution < -0.4 is 10.1 Å². The molecule has 0 aliphatic carbocycles. The third-order valence-corrected chi connectivity index (χ3v) is 4.37. The molecule has 0 bridgehead atoms. The van der Waals surface area contributed by atoms with Crippen molar-refractivity contribution in [2.45, 2.75) is 45.2 Å². The molecule has 1 atom stereocenters. The Morgan fingerprint density at radius 2 is 2.13 bits per heavy atom. The Kier molecular flexibility index (Phi) is 4.65. The zero-order valence-corrected chi connectivity index (χ0v) is 13.7. The van der Waals surface area contributed by atoms with Crippen LogP contribution in [0.4, 0.5) is 0 Å². The third-order valence-electron chi connectivity index (χ3n) is 4.37. The van der Waals surface area contributed by atoms with Crippen LogP contribution in [0.15, 0.2) is 30.5 Å². The minimum Gasteiger partial charge on any atom is -0.497 e. The van der Waals surface area contributed by atoms with Crippen LogP contribution in [-0.4, -0.2) is 22.6 Å². The van der Waals surface area contributed by atoms with Gasteiger partial charge in [-0.25, -0.2) is 4.98 Å². The summed E-state index contributed by atoms with van der Waals surface area (Å²) < 4.78 is 7.28. The molecule has 1 N–H and O–H groups in total. The van der Waals surface area contributed by atoms with E-state index in [9.17, 15) is 4.79 Å². The van der Waals surface area contributed by atoms with E-state index in [0.717, 1.165) is 49.4 Å². The van der Waals surface area contributed by atoms with Gasteiger partial charge in [-0.1, -0.05) is 19.1 Å². The molecule has 0 saturated heterocycles. The third kappa shape index (κ3) is 3.38. The van der Waals surface area contributed by atoms with Crippen molar-refractivity contribution in [1.82, 2.24) is 14.9 Å². The van der Waals surface area contributed by atoms with E-state index >= 15 is 0 Å². The van der Waals surface area contributed by atoms with Gasteiger partial charge in [0, 0.05) is 19.2 Å². The molecular formula is C18H23N3O2. The van der Waals surface area contributed by atoms with Crippen LogP contribution in [0.3, 0.4) is 0 Å². The van der Waals surface area contributed by atoms with Crippen LogP contribution in [0.5, 0.6) is 5.75 Å². The predicted molar refractivity (Wildman–Crippen MR) is 88.7 cm³/mol. The lowest BCUT2D eigenvalue weighted by atomic mass is 10.0. The lowest BCUT2D eigenvalue weighted by Crippen LogP contribution is -2.28. The van der Waals surface area contributed by atoms with Crippen LogP contribution in [0, 0.1) is 0 Å². The fraction of sp³-hybridized carbons (Fsp3) is 0.444. The van der Waals surface area contributed by atoms with Crippen molar-refractivity contribution in [3.8, 4) is 5.75 Å². The number of hydrogen-bond acceptors (Lipinski definition) is 3. The molecule has 1 aromatic carbocycles. The zero-order valence-electron chi connectivity index (χ0n) is 13.7. The van der Waals surface area contributed by atoms with E-state index in [2.05, 4.69) is 21.8 Å². The summed E-state index contributed by atoms with van der Waals surface area (Å²) in [5.41, 5.74) is 1.60. The molecular weight excluding hydrogens is 290 g/mol. The number of carbonyl (C=O) groups excluding carboxylic acids is 1. The molecule has 0 saturated carbocycles. The molecule has 23 heavy (non-hydrogen) atoms. The second-order valence-corrected chi connectivity index (χ2v) is 5.90. The highest BCUT2D eigenvalue weighted by atomic mass is 16.5. The Balaban J connectivity index is 1.72. The number of ether oxygens (including phenoxy) is 1. The van der Waals surface area contributed by atoms with Gasteiger partial charge >= 0.3 is 0 Å². The molecule has 1 aliphatic rings. The fourth-order valence-electron chi connectivity index (χ4n) is 3.01. The van der Waals surface area contributed by atoms with Crippen LogP contribution in [0.2, 0.25) is 0 Å². The summed E-state index contributed by atoms with van der Waals surface area (Å²) in [6.07, 6.45) is 5.98. The van der Waals surface area contributed by atoms with Crippen molar-refractivity contribution >= 4 is 5.91 Å². The number of imidazole rings is 1. The highest BCUT2D eigenvalue weighted by Crippen LogP contribution is 2.21. The average molecular weight is 313 g/mol. The molecule has 1 aromatic heterocycles. The number of hydrogen-bond donors (Lipinski definition) is 1. The number of carbonyl (C=O) groups is 1. The predicted octanol–water partition coefficient (Wildman–Crippen LogP) is 3.11. The minimum absolute atomic E-state index is 0.0212. The van der Waals surface area contributed by atoms with Crippen molar-refractivity contribution < 1.29 is 9.53 Å². The minimum atomic E-state index is -0.102. The standard InChI is InChI=1S/C18H23N3O2/c1-3-15(13-7-9-14(23-2)10-8-13)20-18(22)16-12-21-11-5-4-6-17(21)19-16/h7-10,12,15H,3-6,11H2,1-2H3,(H,20,22)/t15-/m0/s1. The number of aromatic nitrogens is 2. The number of nitrogens with zero attached hydrogens (tertiary/aromatic N) is 2. The number of rotatable bonds is 5. The molecule has 5 heteroatoms. The van der Waals surface area contributed by atoms with Crippen molar-refractivity contribution in [2.75, 3.05) is 7.11 Å². The molecule has 122 valence electrons. The van der Waals surface area contributed by atoms with Gasteiger partial charge in [0.25, 0.3) is 5.91 Å². The Labute approximate surface area is 136 Å². The molecule has 0 spiro atoms. The maximum atomic E-state index is 12.5. The largest absolute Gasteiger partial charge is 0.497 e. The molecule has 0 fully saturated rings. The summed E-state index contributed by atoms with van der Waals surface area (Å²) in [7, 11) is 1.65. The van der Waals surface area contributed by atoms with Gasteiger partial charge in [0.05, 0.1) is 13.2 Å². The Bertz CT molecular complexity index is 653. The normalized spacial score (nSPS) is 14.9. The summed E-state index contributed by atoms with van der Waals surface area (Å²) in [6.45, 7) is 3.03. The molecule has 2 heterocycles. The second-order valence-electron chi connectivity index (χ2n) is 5.90. The molecule has 0 radical (unpaired) electrons. The van der Waals surface area contributed by atoms with Crippen LogP contribution in [0.1, 0.15) is 54.1 Å². The van der Waals surface area contributed by atoms with Gasteiger partial charge in [-0.05, 0) is 37.0 Å². The van der Waals surface area contributed by atoms with E-state index in [1.165, 1.54) is 0 Å². The lowest BCUT2D eigenvalue weighted by molar-refractivity contribution is 0.0931. The number of methoxy groups -OCH3 is 1. The van der Waals surface area contributed by atoms with E-state index < -0.39 is 0 Å². The first kappa shape index (κ1) is 15.6. The molecule has 1 amide bonds. The molecule has 1 aliphatic heterocycles. The quantitative estimate of drug-likeness (QED) is 0.923. The number of aryl methyl sites for hydroxylation is 2. The molecule has 2 aromatic rings. The maximum Gasteiger partial charge on any atom is 0.271 e. The van der Waals surface area contributed by atoms with Crippen molar-refractivity contribution in [2.24, 2.45) is 0 Å². The van der Waals surface area contributed by atoms with Gasteiger partial charge in [0.2, 0.25) is 0 Å². The van der Waals surface area contributed by atoms with E-state index in [-0.39, 0.29) is 11.9 Å². The monoisotopic (exact) mass is 313 g/mol. The summed E-state index contributed by atoms with van der Waals surface area (Å²) in [5, 5.41) is 3.09. The van der Waals surface area contributed by atoms with Gasteiger partial charge in [-0.3, -0.25) is 4.79 Å². The zero-order chi connectivity index (χ0) is 16.2. The molecule has 3 rings (SSSR count). The molecule has 5 nitrogen and oxygen atoms in total. The summed E-state index contributed by atoms with van der Waals surface area (Å²) in [5.74, 6) is 1.74. The summed E-state index contributed by atoms with van der Waals surface area (Å²) >= 11 is 0. The number of nitrogens with one attached hydrogen (secondary N) is 1. The highest BCUT2D eigenvalue weighted by molar-refractivity contribution is 5.92. The number of benzene rings is 1. The Hall–Kier alpha value is -2.30. The summed E-state index contributed by atoms with van der Waals surface area (Å²) in [6, 6.07) is 7.79. The number of fused-ring (bicyclic) bond motifs is 1. The van der Waals surface area contributed by atoms with Gasteiger partial charge in [0.15, 0.2) is 0 Å².